The average molecular weight is 448 g/mol. The van der Waals surface area contributed by atoms with Crippen molar-refractivity contribution in [3.63, 3.8) is 0 Å². The Morgan fingerprint density at radius 2 is 1.87 bits per heavy atom. The van der Waals surface area contributed by atoms with E-state index in [0.717, 1.165) is 28.3 Å². The number of amides is 1. The lowest BCUT2D eigenvalue weighted by Crippen LogP contribution is -2.35. The summed E-state index contributed by atoms with van der Waals surface area (Å²) in [5, 5.41) is 3.47. The summed E-state index contributed by atoms with van der Waals surface area (Å²) < 4.78 is 18.6. The van der Waals surface area contributed by atoms with E-state index in [9.17, 15) is 18.8 Å². The summed E-state index contributed by atoms with van der Waals surface area (Å²) in [4.78, 5) is 37.6. The van der Waals surface area contributed by atoms with Gasteiger partial charge in [-0.3, -0.25) is 9.59 Å². The lowest BCUT2D eigenvalue weighted by Gasteiger charge is -2.22. The van der Waals surface area contributed by atoms with Gasteiger partial charge in [0.2, 0.25) is 11.7 Å². The summed E-state index contributed by atoms with van der Waals surface area (Å²) in [6, 6.07) is 11.6. The number of nitrogens with zero attached hydrogens (tertiary/aromatic N) is 1. The molecule has 156 valence electrons. The molecule has 0 saturated heterocycles. The van der Waals surface area contributed by atoms with E-state index in [0.29, 0.717) is 18.0 Å². The molecule has 3 rings (SSSR count). The Labute approximate surface area is 182 Å². The quantitative estimate of drug-likeness (QED) is 0.292. The maximum atomic E-state index is 13.1. The maximum Gasteiger partial charge on any atom is 0.374 e. The fourth-order valence-electron chi connectivity index (χ4n) is 3.02. The van der Waals surface area contributed by atoms with Gasteiger partial charge in [-0.15, -0.1) is 11.3 Å². The van der Waals surface area contributed by atoms with Crippen molar-refractivity contribution in [1.82, 2.24) is 4.90 Å². The SMILES string of the molecule is COC(=O)C(=O)CC(=O)N(CCc1ccc(F)cc1)Cc1csc2ccc(Cl)cc12. The van der Waals surface area contributed by atoms with Crippen molar-refractivity contribution >= 4 is 50.7 Å². The molecule has 8 heteroatoms. The van der Waals surface area contributed by atoms with Crippen molar-refractivity contribution in [3.8, 4) is 0 Å². The molecule has 3 aromatic rings. The van der Waals surface area contributed by atoms with Gasteiger partial charge in [0.05, 0.1) is 13.5 Å². The van der Waals surface area contributed by atoms with Crippen LogP contribution in [0.5, 0.6) is 0 Å². The summed E-state index contributed by atoms with van der Waals surface area (Å²) in [6.07, 6.45) is -0.0970. The van der Waals surface area contributed by atoms with E-state index < -0.39 is 24.1 Å². The summed E-state index contributed by atoms with van der Waals surface area (Å²) in [5.41, 5.74) is 1.75. The molecule has 0 aliphatic carbocycles. The predicted molar refractivity (Wildman–Crippen MR) is 114 cm³/mol. The van der Waals surface area contributed by atoms with Gasteiger partial charge < -0.3 is 9.64 Å². The van der Waals surface area contributed by atoms with Crippen LogP contribution in [0.3, 0.4) is 0 Å². The van der Waals surface area contributed by atoms with E-state index in [1.165, 1.54) is 28.4 Å². The minimum Gasteiger partial charge on any atom is -0.463 e. The first-order valence-corrected chi connectivity index (χ1v) is 10.4. The van der Waals surface area contributed by atoms with Crippen molar-refractivity contribution in [2.24, 2.45) is 0 Å². The lowest BCUT2D eigenvalue weighted by atomic mass is 10.1. The van der Waals surface area contributed by atoms with Crippen molar-refractivity contribution in [1.29, 1.82) is 0 Å². The van der Waals surface area contributed by atoms with E-state index in [-0.39, 0.29) is 12.4 Å². The second-order valence-corrected chi connectivity index (χ2v) is 8.03. The van der Waals surface area contributed by atoms with Gasteiger partial charge in [-0.1, -0.05) is 23.7 Å². The topological polar surface area (TPSA) is 63.7 Å². The van der Waals surface area contributed by atoms with Crippen molar-refractivity contribution in [3.05, 3.63) is 69.8 Å². The number of ketones is 1. The number of Topliss-reactive ketones (excluding diaryl/α,β-unsaturated/α-hetero) is 1. The molecule has 0 saturated carbocycles. The monoisotopic (exact) mass is 447 g/mol. The number of hydrogen-bond donors (Lipinski definition) is 0. The van der Waals surface area contributed by atoms with Gasteiger partial charge in [0, 0.05) is 22.8 Å². The van der Waals surface area contributed by atoms with Crippen LogP contribution in [0.15, 0.2) is 47.8 Å². The molecule has 1 heterocycles. The molecule has 0 aliphatic rings. The van der Waals surface area contributed by atoms with E-state index in [4.69, 9.17) is 11.6 Å². The van der Waals surface area contributed by atoms with E-state index in [1.807, 2.05) is 17.5 Å². The molecular weight excluding hydrogens is 429 g/mol. The number of fused-ring (bicyclic) bond motifs is 1. The molecular formula is C22H19ClFNO4S. The first-order chi connectivity index (χ1) is 14.4. The zero-order valence-corrected chi connectivity index (χ0v) is 17.8. The summed E-state index contributed by atoms with van der Waals surface area (Å²) in [6.45, 7) is 0.561. The van der Waals surface area contributed by atoms with Gasteiger partial charge in [0.25, 0.3) is 0 Å². The first-order valence-electron chi connectivity index (χ1n) is 9.16. The van der Waals surface area contributed by atoms with Crippen LogP contribution in [0.1, 0.15) is 17.5 Å². The lowest BCUT2D eigenvalue weighted by molar-refractivity contribution is -0.153. The number of carbonyl (C=O) groups is 3. The second-order valence-electron chi connectivity index (χ2n) is 6.68. The highest BCUT2D eigenvalue weighted by molar-refractivity contribution is 7.17. The highest BCUT2D eigenvalue weighted by Crippen LogP contribution is 2.29. The molecule has 2 aromatic carbocycles. The summed E-state index contributed by atoms with van der Waals surface area (Å²) >= 11 is 7.65. The van der Waals surface area contributed by atoms with Gasteiger partial charge in [-0.2, -0.15) is 0 Å². The van der Waals surface area contributed by atoms with E-state index >= 15 is 0 Å². The number of thiophene rings is 1. The van der Waals surface area contributed by atoms with Crippen LogP contribution < -0.4 is 0 Å². The van der Waals surface area contributed by atoms with Crippen molar-refractivity contribution < 1.29 is 23.5 Å². The fourth-order valence-corrected chi connectivity index (χ4v) is 4.13. The number of ether oxygens (including phenoxy) is 1. The third-order valence-electron chi connectivity index (χ3n) is 4.64. The van der Waals surface area contributed by atoms with E-state index in [2.05, 4.69) is 4.74 Å². The summed E-state index contributed by atoms with van der Waals surface area (Å²) in [5.74, 6) is -2.76. The minimum absolute atomic E-state index is 0.259. The van der Waals surface area contributed by atoms with Crippen LogP contribution in [-0.4, -0.2) is 36.2 Å². The second kappa shape index (κ2) is 9.82. The number of halogens is 2. The van der Waals surface area contributed by atoms with Gasteiger partial charge in [0.15, 0.2) is 0 Å². The van der Waals surface area contributed by atoms with Crippen molar-refractivity contribution in [2.45, 2.75) is 19.4 Å². The van der Waals surface area contributed by atoms with Crippen LogP contribution in [0.4, 0.5) is 4.39 Å². The van der Waals surface area contributed by atoms with Crippen LogP contribution in [0.25, 0.3) is 10.1 Å². The molecule has 0 N–H and O–H groups in total. The largest absolute Gasteiger partial charge is 0.463 e. The summed E-state index contributed by atoms with van der Waals surface area (Å²) in [7, 11) is 1.10. The molecule has 0 radical (unpaired) electrons. The standard InChI is InChI=1S/C22H19ClFNO4S/c1-29-22(28)19(26)11-21(27)25(9-8-14-2-5-17(24)6-3-14)12-15-13-30-20-7-4-16(23)10-18(15)20/h2-7,10,13H,8-9,11-12H2,1H3. The molecule has 0 atom stereocenters. The number of rotatable bonds is 8. The predicted octanol–water partition coefficient (Wildman–Crippen LogP) is 4.40. The molecule has 0 bridgehead atoms. The van der Waals surface area contributed by atoms with Crippen LogP contribution >= 0.6 is 22.9 Å². The van der Waals surface area contributed by atoms with Crippen LogP contribution in [0.2, 0.25) is 5.02 Å². The average Bonchev–Trinajstić information content (AvgIpc) is 3.13. The molecule has 1 aromatic heterocycles. The molecule has 1 amide bonds. The Morgan fingerprint density at radius 3 is 2.57 bits per heavy atom. The van der Waals surface area contributed by atoms with Crippen LogP contribution in [0, 0.1) is 5.82 Å². The van der Waals surface area contributed by atoms with Crippen molar-refractivity contribution in [2.75, 3.05) is 13.7 Å². The Bertz CT molecular complexity index is 1080. The fraction of sp³-hybridized carbons (Fsp3) is 0.227. The number of methoxy groups -OCH3 is 1. The molecule has 30 heavy (non-hydrogen) atoms. The minimum atomic E-state index is -1.05. The van der Waals surface area contributed by atoms with Gasteiger partial charge in [-0.25, -0.2) is 9.18 Å². The Morgan fingerprint density at radius 1 is 1.13 bits per heavy atom. The van der Waals surface area contributed by atoms with Crippen LogP contribution in [-0.2, 0) is 32.1 Å². The van der Waals surface area contributed by atoms with E-state index in [1.54, 1.807) is 18.2 Å². The molecule has 5 nitrogen and oxygen atoms in total. The smallest absolute Gasteiger partial charge is 0.374 e. The Hall–Kier alpha value is -2.77. The number of hydrogen-bond acceptors (Lipinski definition) is 5. The highest BCUT2D eigenvalue weighted by Gasteiger charge is 2.23. The molecule has 0 aliphatic heterocycles. The number of benzene rings is 2. The molecule has 0 spiro atoms. The third kappa shape index (κ3) is 5.43. The molecule has 0 unspecified atom stereocenters. The van der Waals surface area contributed by atoms with Gasteiger partial charge in [0.1, 0.15) is 5.82 Å². The highest BCUT2D eigenvalue weighted by atomic mass is 35.5. The Balaban J connectivity index is 1.80. The molecule has 0 fully saturated rings. The number of carbonyl (C=O) groups excluding carboxylic acids is 3. The number of esters is 1. The maximum absolute atomic E-state index is 13.1. The van der Waals surface area contributed by atoms with Gasteiger partial charge >= 0.3 is 5.97 Å². The zero-order valence-electron chi connectivity index (χ0n) is 16.2. The normalized spacial score (nSPS) is 10.8. The van der Waals surface area contributed by atoms with Gasteiger partial charge in [-0.05, 0) is 58.6 Å². The zero-order chi connectivity index (χ0) is 21.7. The Kier molecular flexibility index (Phi) is 7.18. The third-order valence-corrected chi connectivity index (χ3v) is 5.89. The first kappa shape index (κ1) is 21.9.